The molecule has 0 amide bonds. The topological polar surface area (TPSA) is 50.7 Å². The van der Waals surface area contributed by atoms with Crippen molar-refractivity contribution < 1.29 is 14.6 Å². The van der Waals surface area contributed by atoms with Gasteiger partial charge in [0.1, 0.15) is 0 Å². The van der Waals surface area contributed by atoms with E-state index in [1.807, 2.05) is 32.0 Å². The smallest absolute Gasteiger partial charge is 0.162 e. The molecule has 19 heavy (non-hydrogen) atoms. The summed E-state index contributed by atoms with van der Waals surface area (Å²) in [6.07, 6.45) is -0.562. The molecule has 0 spiro atoms. The lowest BCUT2D eigenvalue weighted by Crippen LogP contribution is -2.45. The molecule has 1 aromatic carbocycles. The van der Waals surface area contributed by atoms with Crippen LogP contribution in [0.25, 0.3) is 0 Å². The number of ether oxygens (including phenoxy) is 2. The Hall–Kier alpha value is -0.940. The minimum absolute atomic E-state index is 0.128. The first kappa shape index (κ1) is 14.5. The van der Waals surface area contributed by atoms with E-state index in [9.17, 15) is 5.11 Å². The molecule has 1 aliphatic heterocycles. The van der Waals surface area contributed by atoms with Gasteiger partial charge in [-0.2, -0.15) is 0 Å². The van der Waals surface area contributed by atoms with E-state index in [0.717, 1.165) is 0 Å². The number of benzene rings is 1. The van der Waals surface area contributed by atoms with Crippen molar-refractivity contribution in [3.63, 3.8) is 0 Å². The highest BCUT2D eigenvalue weighted by Crippen LogP contribution is 2.20. The molecular weight excluding hydrogens is 242 g/mol. The normalized spacial score (nSPS) is 28.6. The van der Waals surface area contributed by atoms with Crippen molar-refractivity contribution in [3.8, 4) is 0 Å². The summed E-state index contributed by atoms with van der Waals surface area (Å²) in [6.45, 7) is 6.53. The summed E-state index contributed by atoms with van der Waals surface area (Å²) in [7, 11) is 0. The molecule has 4 heteroatoms. The van der Waals surface area contributed by atoms with E-state index >= 15 is 0 Å². The third kappa shape index (κ3) is 4.01. The van der Waals surface area contributed by atoms with E-state index in [1.165, 1.54) is 5.56 Å². The molecule has 106 valence electrons. The van der Waals surface area contributed by atoms with Crippen LogP contribution in [0.1, 0.15) is 32.4 Å². The molecule has 0 aliphatic carbocycles. The summed E-state index contributed by atoms with van der Waals surface area (Å²) in [6, 6.07) is 10.2. The van der Waals surface area contributed by atoms with Crippen molar-refractivity contribution in [3.05, 3.63) is 35.9 Å². The van der Waals surface area contributed by atoms with E-state index in [4.69, 9.17) is 9.47 Å². The van der Waals surface area contributed by atoms with Gasteiger partial charge in [0.05, 0.1) is 25.4 Å². The number of rotatable bonds is 3. The van der Waals surface area contributed by atoms with Crippen LogP contribution in [0.15, 0.2) is 30.3 Å². The maximum Gasteiger partial charge on any atom is 0.162 e. The fourth-order valence-electron chi connectivity index (χ4n) is 2.16. The van der Waals surface area contributed by atoms with Crippen LogP contribution in [0.5, 0.6) is 0 Å². The largest absolute Gasteiger partial charge is 0.389 e. The lowest BCUT2D eigenvalue weighted by atomic mass is 10.1. The zero-order chi connectivity index (χ0) is 13.9. The highest BCUT2D eigenvalue weighted by atomic mass is 16.7. The zero-order valence-corrected chi connectivity index (χ0v) is 11.8. The number of hydrogen-bond donors (Lipinski definition) is 2. The van der Waals surface area contributed by atoms with Gasteiger partial charge in [-0.25, -0.2) is 0 Å². The van der Waals surface area contributed by atoms with Gasteiger partial charge in [0.2, 0.25) is 0 Å². The highest BCUT2D eigenvalue weighted by molar-refractivity contribution is 5.18. The van der Waals surface area contributed by atoms with E-state index in [2.05, 4.69) is 24.4 Å². The molecule has 0 bridgehead atoms. The molecule has 2 rings (SSSR count). The van der Waals surface area contributed by atoms with Crippen molar-refractivity contribution in [2.45, 2.75) is 44.7 Å². The second kappa shape index (κ2) is 6.01. The maximum absolute atomic E-state index is 10.1. The first-order valence-electron chi connectivity index (χ1n) is 6.75. The molecule has 0 saturated carbocycles. The van der Waals surface area contributed by atoms with E-state index in [0.29, 0.717) is 6.61 Å². The van der Waals surface area contributed by atoms with Crippen LogP contribution in [0, 0.1) is 0 Å². The quantitative estimate of drug-likeness (QED) is 0.875. The molecule has 1 saturated heterocycles. The average Bonchev–Trinajstić information content (AvgIpc) is 2.53. The highest BCUT2D eigenvalue weighted by Gasteiger charge is 2.31. The molecule has 1 aliphatic rings. The van der Waals surface area contributed by atoms with Crippen LogP contribution in [-0.2, 0) is 9.47 Å². The summed E-state index contributed by atoms with van der Waals surface area (Å²) in [5.41, 5.74) is 1.19. The Labute approximate surface area is 114 Å². The number of aliphatic hydroxyl groups excluding tert-OH is 1. The van der Waals surface area contributed by atoms with Crippen LogP contribution in [0.4, 0.5) is 0 Å². The molecule has 4 nitrogen and oxygen atoms in total. The second-order valence-corrected chi connectivity index (χ2v) is 5.49. The Kier molecular flexibility index (Phi) is 4.58. The van der Waals surface area contributed by atoms with Gasteiger partial charge in [0.25, 0.3) is 0 Å². The molecule has 3 unspecified atom stereocenters. The van der Waals surface area contributed by atoms with Crippen molar-refractivity contribution in [1.82, 2.24) is 5.32 Å². The average molecular weight is 265 g/mol. The van der Waals surface area contributed by atoms with Crippen LogP contribution in [-0.4, -0.2) is 36.3 Å². The van der Waals surface area contributed by atoms with Crippen molar-refractivity contribution >= 4 is 0 Å². The third-order valence-electron chi connectivity index (χ3n) is 3.44. The van der Waals surface area contributed by atoms with Gasteiger partial charge < -0.3 is 19.9 Å². The van der Waals surface area contributed by atoms with Crippen LogP contribution >= 0.6 is 0 Å². The maximum atomic E-state index is 10.1. The van der Waals surface area contributed by atoms with Crippen molar-refractivity contribution in [1.29, 1.82) is 0 Å². The minimum atomic E-state index is -0.632. The lowest BCUT2D eigenvalue weighted by Gasteiger charge is -2.25. The Morgan fingerprint density at radius 3 is 2.53 bits per heavy atom. The number of aliphatic hydroxyl groups is 1. The Balaban J connectivity index is 1.98. The molecule has 3 atom stereocenters. The van der Waals surface area contributed by atoms with Crippen molar-refractivity contribution in [2.24, 2.45) is 0 Å². The minimum Gasteiger partial charge on any atom is -0.389 e. The molecule has 0 aromatic heterocycles. The third-order valence-corrected chi connectivity index (χ3v) is 3.44. The molecule has 1 aromatic rings. The van der Waals surface area contributed by atoms with Gasteiger partial charge in [-0.05, 0) is 26.3 Å². The Bertz CT molecular complexity index is 394. The zero-order valence-electron chi connectivity index (χ0n) is 11.8. The first-order chi connectivity index (χ1) is 8.98. The first-order valence-corrected chi connectivity index (χ1v) is 6.75. The van der Waals surface area contributed by atoms with Gasteiger partial charge in [0, 0.05) is 6.04 Å². The predicted molar refractivity (Wildman–Crippen MR) is 73.8 cm³/mol. The molecule has 2 N–H and O–H groups in total. The fourth-order valence-corrected chi connectivity index (χ4v) is 2.16. The summed E-state index contributed by atoms with van der Waals surface area (Å²) < 4.78 is 11.2. The van der Waals surface area contributed by atoms with Gasteiger partial charge >= 0.3 is 0 Å². The fraction of sp³-hybridized carbons (Fsp3) is 0.600. The monoisotopic (exact) mass is 265 g/mol. The van der Waals surface area contributed by atoms with E-state index in [-0.39, 0.29) is 18.7 Å². The Morgan fingerprint density at radius 2 is 1.84 bits per heavy atom. The van der Waals surface area contributed by atoms with Crippen LogP contribution in [0.3, 0.4) is 0 Å². The van der Waals surface area contributed by atoms with Crippen LogP contribution < -0.4 is 5.32 Å². The summed E-state index contributed by atoms with van der Waals surface area (Å²) >= 11 is 0. The molecule has 1 fully saturated rings. The lowest BCUT2D eigenvalue weighted by molar-refractivity contribution is -0.203. The number of nitrogens with one attached hydrogen (secondary N) is 1. The Morgan fingerprint density at radius 1 is 1.21 bits per heavy atom. The van der Waals surface area contributed by atoms with Crippen molar-refractivity contribution in [2.75, 3.05) is 13.2 Å². The summed E-state index contributed by atoms with van der Waals surface area (Å²) in [5.74, 6) is -0.632. The van der Waals surface area contributed by atoms with E-state index < -0.39 is 11.9 Å². The molecular formula is C15H23NO3. The van der Waals surface area contributed by atoms with Gasteiger partial charge in [-0.3, -0.25) is 0 Å². The van der Waals surface area contributed by atoms with Crippen LogP contribution in [0.2, 0.25) is 0 Å². The van der Waals surface area contributed by atoms with Gasteiger partial charge in [0.15, 0.2) is 5.79 Å². The second-order valence-electron chi connectivity index (χ2n) is 5.49. The van der Waals surface area contributed by atoms with Gasteiger partial charge in [-0.1, -0.05) is 30.3 Å². The standard InChI is InChI=1S/C15H23NO3/c1-11(12-7-5-4-6-8-12)16-13-9-18-15(2,3)19-10-14(13)17/h4-8,11,13-14,16-17H,9-10H2,1-3H3. The molecule has 0 radical (unpaired) electrons. The predicted octanol–water partition coefficient (Wildman–Crippen LogP) is 1.85. The SMILES string of the molecule is CC(NC1COC(C)(C)OCC1O)c1ccccc1. The van der Waals surface area contributed by atoms with Gasteiger partial charge in [-0.15, -0.1) is 0 Å². The van der Waals surface area contributed by atoms with E-state index in [1.54, 1.807) is 0 Å². The molecule has 1 heterocycles. The summed E-state index contributed by atoms with van der Waals surface area (Å²) in [4.78, 5) is 0. The summed E-state index contributed by atoms with van der Waals surface area (Å²) in [5, 5.41) is 13.5. The number of hydrogen-bond acceptors (Lipinski definition) is 4.